The molecule has 3 aromatic rings. The fourth-order valence-electron chi connectivity index (χ4n) is 3.31. The number of amides is 1. The molecule has 1 unspecified atom stereocenters. The molecule has 0 saturated carbocycles. The number of carbonyl (C=O) groups excluding carboxylic acids is 1. The number of carbonyl (C=O) groups is 1. The second-order valence-corrected chi connectivity index (χ2v) is 7.80. The van der Waals surface area contributed by atoms with Crippen molar-refractivity contribution >= 4 is 22.9 Å². The summed E-state index contributed by atoms with van der Waals surface area (Å²) in [6, 6.07) is 9.54. The van der Waals surface area contributed by atoms with Crippen molar-refractivity contribution in [3.8, 4) is 11.5 Å². The Hall–Kier alpha value is -3.33. The van der Waals surface area contributed by atoms with Crippen molar-refractivity contribution in [1.82, 2.24) is 25.3 Å². The van der Waals surface area contributed by atoms with Crippen LogP contribution in [0.5, 0.6) is 0 Å². The largest absolute Gasteiger partial charge is 0.415 e. The fourth-order valence-corrected chi connectivity index (χ4v) is 3.94. The number of nitrogens with two attached hydrogens (primary N) is 1. The summed E-state index contributed by atoms with van der Waals surface area (Å²) in [6.07, 6.45) is 0. The molecule has 0 bridgehead atoms. The third-order valence-corrected chi connectivity index (χ3v) is 5.59. The Morgan fingerprint density at radius 3 is 2.62 bits per heavy atom. The molecule has 1 aliphatic heterocycles. The molecule has 3 N–H and O–H groups in total. The Morgan fingerprint density at radius 1 is 1.24 bits per heavy atom. The third kappa shape index (κ3) is 3.56. The highest BCUT2D eigenvalue weighted by atomic mass is 32.1. The van der Waals surface area contributed by atoms with Gasteiger partial charge in [-0.1, -0.05) is 12.1 Å². The molecule has 3 heterocycles. The molecule has 0 fully saturated rings. The van der Waals surface area contributed by atoms with Crippen LogP contribution in [0, 0.1) is 0 Å². The molecule has 0 aliphatic carbocycles. The van der Waals surface area contributed by atoms with Crippen molar-refractivity contribution in [2.75, 3.05) is 27.7 Å². The van der Waals surface area contributed by atoms with E-state index in [9.17, 15) is 4.79 Å². The van der Waals surface area contributed by atoms with Gasteiger partial charge in [-0.05, 0) is 29.1 Å². The minimum absolute atomic E-state index is 0.00249. The smallest absolute Gasteiger partial charge is 0.268 e. The van der Waals surface area contributed by atoms with Gasteiger partial charge in [-0.2, -0.15) is 11.3 Å². The molecule has 4 rings (SSSR count). The van der Waals surface area contributed by atoms with Crippen molar-refractivity contribution in [2.24, 2.45) is 5.73 Å². The van der Waals surface area contributed by atoms with Crippen LogP contribution in [-0.2, 0) is 0 Å². The van der Waals surface area contributed by atoms with Crippen molar-refractivity contribution in [3.05, 3.63) is 63.9 Å². The maximum atomic E-state index is 12.1. The van der Waals surface area contributed by atoms with Gasteiger partial charge < -0.3 is 25.3 Å². The number of nitrogens with one attached hydrogen (secondary N) is 1. The lowest BCUT2D eigenvalue weighted by Crippen LogP contribution is -2.41. The van der Waals surface area contributed by atoms with Crippen molar-refractivity contribution in [2.45, 2.75) is 6.04 Å². The van der Waals surface area contributed by atoms with E-state index in [1.807, 2.05) is 53.0 Å². The molecule has 29 heavy (non-hydrogen) atoms. The lowest BCUT2D eigenvalue weighted by Gasteiger charge is -2.36. The number of likely N-dealkylation sites (N-methyl/N-ethyl adjacent to an activating group) is 1. The zero-order valence-corrected chi connectivity index (χ0v) is 17.2. The highest BCUT2D eigenvalue weighted by Gasteiger charge is 2.30. The zero-order valence-electron chi connectivity index (χ0n) is 16.4. The van der Waals surface area contributed by atoms with Gasteiger partial charge in [0.05, 0.1) is 6.04 Å². The first-order chi connectivity index (χ1) is 14.0. The number of aromatic nitrogens is 2. The van der Waals surface area contributed by atoms with E-state index in [0.717, 1.165) is 11.1 Å². The zero-order chi connectivity index (χ0) is 20.5. The van der Waals surface area contributed by atoms with Gasteiger partial charge in [-0.25, -0.2) is 0 Å². The third-order valence-electron chi connectivity index (χ3n) is 4.91. The fraction of sp³-hybridized carbons (Fsp3) is 0.250. The van der Waals surface area contributed by atoms with Crippen molar-refractivity contribution in [1.29, 1.82) is 0 Å². The van der Waals surface area contributed by atoms with Gasteiger partial charge >= 0.3 is 0 Å². The standard InChI is InChI=1S/C20H22N6O2S/c1-25(2)20(27)13-6-4-12(5-7-13)15-10-22-17(21)16(26(15)3)19-24-23-18(28-19)14-8-9-29-11-14/h4-9,11,15,22H,10,21H2,1-3H3. The molecule has 0 radical (unpaired) electrons. The molecule has 1 atom stereocenters. The summed E-state index contributed by atoms with van der Waals surface area (Å²) in [6.45, 7) is 0.623. The SMILES string of the molecule is CN(C)C(=O)c1ccc(C2CNC(N)=C(c3nnc(-c4ccsc4)o3)N2C)cc1. The predicted molar refractivity (Wildman–Crippen MR) is 112 cm³/mol. The van der Waals surface area contributed by atoms with Crippen LogP contribution in [0.25, 0.3) is 17.2 Å². The number of thiophene rings is 1. The van der Waals surface area contributed by atoms with Gasteiger partial charge in [0, 0.05) is 44.2 Å². The van der Waals surface area contributed by atoms with E-state index in [4.69, 9.17) is 10.2 Å². The van der Waals surface area contributed by atoms with Gasteiger partial charge in [-0.3, -0.25) is 4.79 Å². The first-order valence-corrected chi connectivity index (χ1v) is 10.0. The monoisotopic (exact) mass is 410 g/mol. The summed E-state index contributed by atoms with van der Waals surface area (Å²) >= 11 is 1.57. The van der Waals surface area contributed by atoms with Crippen LogP contribution in [0.15, 0.2) is 51.3 Å². The number of hydrogen-bond donors (Lipinski definition) is 2. The number of hydrogen-bond acceptors (Lipinski definition) is 8. The maximum absolute atomic E-state index is 12.1. The molecule has 1 amide bonds. The second kappa shape index (κ2) is 7.59. The van der Waals surface area contributed by atoms with Crippen LogP contribution in [0.1, 0.15) is 27.9 Å². The van der Waals surface area contributed by atoms with Crippen LogP contribution in [0.3, 0.4) is 0 Å². The average Bonchev–Trinajstić information content (AvgIpc) is 3.40. The first-order valence-electron chi connectivity index (χ1n) is 9.10. The Labute approximate surface area is 172 Å². The lowest BCUT2D eigenvalue weighted by molar-refractivity contribution is 0.0827. The normalized spacial score (nSPS) is 16.7. The predicted octanol–water partition coefficient (Wildman–Crippen LogP) is 2.36. The van der Waals surface area contributed by atoms with E-state index in [1.165, 1.54) is 0 Å². The molecule has 1 aliphatic rings. The minimum atomic E-state index is -0.0247. The Morgan fingerprint density at radius 2 is 1.97 bits per heavy atom. The summed E-state index contributed by atoms with van der Waals surface area (Å²) in [5.74, 6) is 1.29. The Balaban J connectivity index is 1.60. The number of rotatable bonds is 4. The Kier molecular flexibility index (Phi) is 4.98. The molecule has 0 saturated heterocycles. The van der Waals surface area contributed by atoms with Crippen LogP contribution in [0.4, 0.5) is 0 Å². The van der Waals surface area contributed by atoms with E-state index in [1.54, 1.807) is 30.3 Å². The summed E-state index contributed by atoms with van der Waals surface area (Å²) in [5.41, 5.74) is 9.46. The molecular weight excluding hydrogens is 388 g/mol. The van der Waals surface area contributed by atoms with Crippen LogP contribution in [0.2, 0.25) is 0 Å². The quantitative estimate of drug-likeness (QED) is 0.681. The highest BCUT2D eigenvalue weighted by Crippen LogP contribution is 2.33. The van der Waals surface area contributed by atoms with Gasteiger partial charge in [0.25, 0.3) is 11.8 Å². The molecule has 150 valence electrons. The number of benzene rings is 1. The van der Waals surface area contributed by atoms with E-state index >= 15 is 0 Å². The van der Waals surface area contributed by atoms with Gasteiger partial charge in [0.1, 0.15) is 11.5 Å². The molecular formula is C20H22N6O2S. The van der Waals surface area contributed by atoms with E-state index < -0.39 is 0 Å². The molecule has 9 heteroatoms. The van der Waals surface area contributed by atoms with Crippen LogP contribution in [-0.4, -0.2) is 53.6 Å². The van der Waals surface area contributed by atoms with E-state index in [2.05, 4.69) is 15.5 Å². The number of nitrogens with zero attached hydrogens (tertiary/aromatic N) is 4. The minimum Gasteiger partial charge on any atom is -0.415 e. The summed E-state index contributed by atoms with van der Waals surface area (Å²) in [4.78, 5) is 15.7. The van der Waals surface area contributed by atoms with Crippen LogP contribution >= 0.6 is 11.3 Å². The molecule has 8 nitrogen and oxygen atoms in total. The lowest BCUT2D eigenvalue weighted by atomic mass is 10.0. The second-order valence-electron chi connectivity index (χ2n) is 7.02. The summed E-state index contributed by atoms with van der Waals surface area (Å²) in [7, 11) is 5.43. The van der Waals surface area contributed by atoms with Crippen molar-refractivity contribution in [3.63, 3.8) is 0 Å². The van der Waals surface area contributed by atoms with Crippen LogP contribution < -0.4 is 11.1 Å². The molecule has 2 aromatic heterocycles. The van der Waals surface area contributed by atoms with Gasteiger partial charge in [-0.15, -0.1) is 10.2 Å². The van der Waals surface area contributed by atoms with E-state index in [-0.39, 0.29) is 11.9 Å². The van der Waals surface area contributed by atoms with Crippen molar-refractivity contribution < 1.29 is 9.21 Å². The van der Waals surface area contributed by atoms with Gasteiger partial charge in [0.2, 0.25) is 5.89 Å². The summed E-state index contributed by atoms with van der Waals surface area (Å²) < 4.78 is 5.88. The average molecular weight is 411 g/mol. The first kappa shape index (κ1) is 19.0. The van der Waals surface area contributed by atoms with E-state index in [0.29, 0.717) is 35.4 Å². The Bertz CT molecular complexity index is 1040. The molecule has 0 spiro atoms. The van der Waals surface area contributed by atoms with Gasteiger partial charge in [0.15, 0.2) is 0 Å². The highest BCUT2D eigenvalue weighted by molar-refractivity contribution is 7.08. The summed E-state index contributed by atoms with van der Waals surface area (Å²) in [5, 5.41) is 15.5. The maximum Gasteiger partial charge on any atom is 0.268 e. The molecule has 1 aromatic carbocycles. The topological polar surface area (TPSA) is 101 Å².